The lowest BCUT2D eigenvalue weighted by atomic mass is 9.96. The number of carbonyl (C=O) groups excluding carboxylic acids is 1. The highest BCUT2D eigenvalue weighted by molar-refractivity contribution is 5.86. The molecular formula is C14H24N2O5. The third-order valence-corrected chi connectivity index (χ3v) is 3.81. The largest absolute Gasteiger partial charge is 0.481 e. The molecule has 1 heterocycles. The molecule has 0 bridgehead atoms. The molecular weight excluding hydrogens is 276 g/mol. The molecule has 1 rings (SSSR count). The van der Waals surface area contributed by atoms with Gasteiger partial charge in [-0.1, -0.05) is 19.8 Å². The lowest BCUT2D eigenvalue weighted by Crippen LogP contribution is -2.49. The minimum absolute atomic E-state index is 0.485. The number of carboxylic acid groups (broad SMARTS) is 2. The van der Waals surface area contributed by atoms with Crippen LogP contribution >= 0.6 is 0 Å². The van der Waals surface area contributed by atoms with Crippen molar-refractivity contribution in [1.29, 1.82) is 0 Å². The van der Waals surface area contributed by atoms with Gasteiger partial charge in [-0.3, -0.25) is 4.79 Å². The summed E-state index contributed by atoms with van der Waals surface area (Å²) in [5.41, 5.74) is 0. The van der Waals surface area contributed by atoms with Crippen LogP contribution in [0.5, 0.6) is 0 Å². The van der Waals surface area contributed by atoms with E-state index in [0.717, 1.165) is 32.1 Å². The number of amides is 2. The normalized spacial score (nSPS) is 20.4. The fraction of sp³-hybridized carbons (Fsp3) is 0.786. The summed E-state index contributed by atoms with van der Waals surface area (Å²) in [6, 6.07) is -1.87. The van der Waals surface area contributed by atoms with E-state index in [-0.39, 0.29) is 0 Å². The van der Waals surface area contributed by atoms with Crippen LogP contribution < -0.4 is 5.32 Å². The Morgan fingerprint density at radius 2 is 1.95 bits per heavy atom. The van der Waals surface area contributed by atoms with Gasteiger partial charge in [0.2, 0.25) is 0 Å². The van der Waals surface area contributed by atoms with Crippen molar-refractivity contribution in [3.8, 4) is 0 Å². The van der Waals surface area contributed by atoms with Gasteiger partial charge in [0.25, 0.3) is 0 Å². The molecule has 1 saturated heterocycles. The Morgan fingerprint density at radius 1 is 1.24 bits per heavy atom. The Hall–Kier alpha value is -1.79. The van der Waals surface area contributed by atoms with E-state index in [1.54, 1.807) is 4.90 Å². The number of carboxylic acids is 2. The van der Waals surface area contributed by atoms with Crippen LogP contribution in [0, 0.1) is 5.92 Å². The fourth-order valence-electron chi connectivity index (χ4n) is 2.68. The SMILES string of the molecule is CCCC1CCCN(C(=O)N[C@@H](CC(=O)O)C(=O)O)CC1. The van der Waals surface area contributed by atoms with Gasteiger partial charge in [-0.05, 0) is 25.2 Å². The van der Waals surface area contributed by atoms with Gasteiger partial charge >= 0.3 is 18.0 Å². The average molecular weight is 300 g/mol. The van der Waals surface area contributed by atoms with Gasteiger partial charge in [0, 0.05) is 13.1 Å². The van der Waals surface area contributed by atoms with Crippen LogP contribution in [0.4, 0.5) is 4.79 Å². The lowest BCUT2D eigenvalue weighted by Gasteiger charge is -2.23. The molecule has 2 atom stereocenters. The number of hydrogen-bond donors (Lipinski definition) is 3. The molecule has 1 aliphatic rings. The van der Waals surface area contributed by atoms with E-state index < -0.39 is 30.4 Å². The molecule has 0 aromatic rings. The van der Waals surface area contributed by atoms with Gasteiger partial charge in [-0.2, -0.15) is 0 Å². The zero-order chi connectivity index (χ0) is 15.8. The molecule has 1 aliphatic heterocycles. The van der Waals surface area contributed by atoms with Gasteiger partial charge in [0.1, 0.15) is 6.04 Å². The second-order valence-corrected chi connectivity index (χ2v) is 5.51. The standard InChI is InChI=1S/C14H24N2O5/c1-2-4-10-5-3-7-16(8-6-10)14(21)15-11(13(19)20)9-12(17)18/h10-11H,2-9H2,1H3,(H,15,21)(H,17,18)(H,19,20)/t10?,11-/m0/s1. The number of likely N-dealkylation sites (tertiary alicyclic amines) is 1. The number of urea groups is 1. The van der Waals surface area contributed by atoms with Crippen molar-refractivity contribution in [3.63, 3.8) is 0 Å². The monoisotopic (exact) mass is 300 g/mol. The topological polar surface area (TPSA) is 107 Å². The summed E-state index contributed by atoms with van der Waals surface area (Å²) in [4.78, 5) is 35.2. The summed E-state index contributed by atoms with van der Waals surface area (Å²) in [5.74, 6) is -1.96. The molecule has 0 aliphatic carbocycles. The molecule has 2 amide bonds. The summed E-state index contributed by atoms with van der Waals surface area (Å²) >= 11 is 0. The van der Waals surface area contributed by atoms with Crippen molar-refractivity contribution < 1.29 is 24.6 Å². The molecule has 1 fully saturated rings. The summed E-state index contributed by atoms with van der Waals surface area (Å²) in [6.45, 7) is 3.32. The van der Waals surface area contributed by atoms with E-state index in [4.69, 9.17) is 10.2 Å². The molecule has 21 heavy (non-hydrogen) atoms. The van der Waals surface area contributed by atoms with Gasteiger partial charge in [0.15, 0.2) is 0 Å². The van der Waals surface area contributed by atoms with Crippen LogP contribution in [0.1, 0.15) is 45.4 Å². The first-order chi connectivity index (χ1) is 9.93. The number of aliphatic carboxylic acids is 2. The molecule has 7 heteroatoms. The molecule has 120 valence electrons. The van der Waals surface area contributed by atoms with Crippen LogP contribution in [0.25, 0.3) is 0 Å². The van der Waals surface area contributed by atoms with Crippen molar-refractivity contribution >= 4 is 18.0 Å². The Kier molecular flexibility index (Phi) is 6.98. The maximum absolute atomic E-state index is 12.1. The molecule has 3 N–H and O–H groups in total. The highest BCUT2D eigenvalue weighted by Crippen LogP contribution is 2.21. The number of nitrogens with one attached hydrogen (secondary N) is 1. The molecule has 0 aromatic carbocycles. The molecule has 7 nitrogen and oxygen atoms in total. The van der Waals surface area contributed by atoms with E-state index >= 15 is 0 Å². The maximum Gasteiger partial charge on any atom is 0.326 e. The maximum atomic E-state index is 12.1. The molecule has 0 saturated carbocycles. The van der Waals surface area contributed by atoms with E-state index in [1.165, 1.54) is 0 Å². The van der Waals surface area contributed by atoms with Crippen molar-refractivity contribution in [1.82, 2.24) is 10.2 Å². The molecule has 1 unspecified atom stereocenters. The first-order valence-corrected chi connectivity index (χ1v) is 7.44. The zero-order valence-corrected chi connectivity index (χ0v) is 12.4. The summed E-state index contributed by atoms with van der Waals surface area (Å²) in [7, 11) is 0. The van der Waals surface area contributed by atoms with Crippen molar-refractivity contribution in [2.24, 2.45) is 5.92 Å². The van der Waals surface area contributed by atoms with Crippen molar-refractivity contribution in [2.45, 2.75) is 51.5 Å². The molecule has 0 radical (unpaired) electrons. The van der Waals surface area contributed by atoms with Crippen LogP contribution in [0.2, 0.25) is 0 Å². The van der Waals surface area contributed by atoms with Gasteiger partial charge < -0.3 is 20.4 Å². The second kappa shape index (κ2) is 8.49. The van der Waals surface area contributed by atoms with E-state index in [1.807, 2.05) is 0 Å². The fourth-order valence-corrected chi connectivity index (χ4v) is 2.68. The smallest absolute Gasteiger partial charge is 0.326 e. The predicted molar refractivity (Wildman–Crippen MR) is 76.0 cm³/mol. The summed E-state index contributed by atoms with van der Waals surface area (Å²) in [6.07, 6.45) is 4.54. The third-order valence-electron chi connectivity index (χ3n) is 3.81. The van der Waals surface area contributed by atoms with Crippen molar-refractivity contribution in [2.75, 3.05) is 13.1 Å². The predicted octanol–water partition coefficient (Wildman–Crippen LogP) is 1.53. The quantitative estimate of drug-likeness (QED) is 0.689. The molecule has 0 spiro atoms. The summed E-state index contributed by atoms with van der Waals surface area (Å²) in [5, 5.41) is 19.9. The van der Waals surface area contributed by atoms with Crippen molar-refractivity contribution in [3.05, 3.63) is 0 Å². The van der Waals surface area contributed by atoms with Crippen LogP contribution in [-0.2, 0) is 9.59 Å². The number of rotatable bonds is 6. The summed E-state index contributed by atoms with van der Waals surface area (Å²) < 4.78 is 0. The van der Waals surface area contributed by atoms with E-state index in [2.05, 4.69) is 12.2 Å². The number of nitrogens with zero attached hydrogens (tertiary/aromatic N) is 1. The van der Waals surface area contributed by atoms with Crippen LogP contribution in [-0.4, -0.2) is 52.2 Å². The minimum Gasteiger partial charge on any atom is -0.481 e. The Balaban J connectivity index is 2.53. The first kappa shape index (κ1) is 17.3. The first-order valence-electron chi connectivity index (χ1n) is 7.44. The van der Waals surface area contributed by atoms with Gasteiger partial charge in [0.05, 0.1) is 6.42 Å². The zero-order valence-electron chi connectivity index (χ0n) is 12.4. The number of hydrogen-bond acceptors (Lipinski definition) is 3. The van der Waals surface area contributed by atoms with E-state index in [0.29, 0.717) is 19.0 Å². The minimum atomic E-state index is -1.38. The third kappa shape index (κ3) is 6.01. The lowest BCUT2D eigenvalue weighted by molar-refractivity contribution is -0.145. The van der Waals surface area contributed by atoms with Gasteiger partial charge in [-0.15, -0.1) is 0 Å². The van der Waals surface area contributed by atoms with Gasteiger partial charge in [-0.25, -0.2) is 9.59 Å². The van der Waals surface area contributed by atoms with Crippen LogP contribution in [0.15, 0.2) is 0 Å². The number of carbonyl (C=O) groups is 3. The Bertz CT molecular complexity index is 386. The Labute approximate surface area is 124 Å². The average Bonchev–Trinajstić information content (AvgIpc) is 2.63. The molecule has 0 aromatic heterocycles. The highest BCUT2D eigenvalue weighted by atomic mass is 16.4. The highest BCUT2D eigenvalue weighted by Gasteiger charge is 2.26. The van der Waals surface area contributed by atoms with Crippen LogP contribution in [0.3, 0.4) is 0 Å². The van der Waals surface area contributed by atoms with E-state index in [9.17, 15) is 14.4 Å². The Morgan fingerprint density at radius 3 is 2.52 bits per heavy atom. The second-order valence-electron chi connectivity index (χ2n) is 5.51.